The molecule has 0 fully saturated rings. The molecule has 0 rings (SSSR count). The fourth-order valence-electron chi connectivity index (χ4n) is 1.54. The Labute approximate surface area is 106 Å². The molecule has 0 aliphatic rings. The molecule has 0 aliphatic carbocycles. The number of hydrogen-bond acceptors (Lipinski definition) is 3. The SMILES string of the molecule is CCCCCC(C)NS(=O)(=O)N(C)CCCN. The van der Waals surface area contributed by atoms with Gasteiger partial charge < -0.3 is 5.73 Å². The smallest absolute Gasteiger partial charge is 0.279 e. The highest BCUT2D eigenvalue weighted by molar-refractivity contribution is 7.87. The Hall–Kier alpha value is -0.170. The molecule has 17 heavy (non-hydrogen) atoms. The van der Waals surface area contributed by atoms with E-state index in [1.54, 1.807) is 7.05 Å². The molecule has 104 valence electrons. The van der Waals surface area contributed by atoms with Crippen molar-refractivity contribution in [1.82, 2.24) is 9.03 Å². The first-order valence-electron chi connectivity index (χ1n) is 6.37. The first-order valence-corrected chi connectivity index (χ1v) is 7.81. The number of unbranched alkanes of at least 4 members (excludes halogenated alkanes) is 2. The van der Waals surface area contributed by atoms with Crippen LogP contribution in [0.25, 0.3) is 0 Å². The molecule has 0 heterocycles. The van der Waals surface area contributed by atoms with Gasteiger partial charge in [0.05, 0.1) is 0 Å². The Morgan fingerprint density at radius 2 is 1.94 bits per heavy atom. The van der Waals surface area contributed by atoms with Crippen molar-refractivity contribution in [3.63, 3.8) is 0 Å². The van der Waals surface area contributed by atoms with Crippen molar-refractivity contribution < 1.29 is 8.42 Å². The zero-order chi connectivity index (χ0) is 13.3. The molecular formula is C11H27N3O2S. The summed E-state index contributed by atoms with van der Waals surface area (Å²) in [6.45, 7) is 5.01. The topological polar surface area (TPSA) is 75.4 Å². The lowest BCUT2D eigenvalue weighted by molar-refractivity contribution is 0.438. The van der Waals surface area contributed by atoms with Gasteiger partial charge in [0.15, 0.2) is 0 Å². The molecular weight excluding hydrogens is 238 g/mol. The van der Waals surface area contributed by atoms with Gasteiger partial charge in [-0.3, -0.25) is 0 Å². The summed E-state index contributed by atoms with van der Waals surface area (Å²) < 4.78 is 27.7. The molecule has 0 radical (unpaired) electrons. The van der Waals surface area contributed by atoms with Crippen molar-refractivity contribution in [2.24, 2.45) is 5.73 Å². The summed E-state index contributed by atoms with van der Waals surface area (Å²) in [5, 5.41) is 0. The minimum Gasteiger partial charge on any atom is -0.330 e. The fraction of sp³-hybridized carbons (Fsp3) is 1.00. The van der Waals surface area contributed by atoms with Crippen LogP contribution >= 0.6 is 0 Å². The molecule has 0 aliphatic heterocycles. The van der Waals surface area contributed by atoms with Crippen LogP contribution in [0.4, 0.5) is 0 Å². The number of nitrogens with one attached hydrogen (secondary N) is 1. The van der Waals surface area contributed by atoms with Crippen molar-refractivity contribution >= 4 is 10.2 Å². The lowest BCUT2D eigenvalue weighted by atomic mass is 10.1. The van der Waals surface area contributed by atoms with Gasteiger partial charge in [-0.15, -0.1) is 0 Å². The molecule has 5 nitrogen and oxygen atoms in total. The quantitative estimate of drug-likeness (QED) is 0.580. The first-order chi connectivity index (χ1) is 7.94. The summed E-state index contributed by atoms with van der Waals surface area (Å²) in [7, 11) is -1.76. The van der Waals surface area contributed by atoms with E-state index in [0.29, 0.717) is 19.5 Å². The Morgan fingerprint density at radius 3 is 2.47 bits per heavy atom. The van der Waals surface area contributed by atoms with Crippen LogP contribution in [0.2, 0.25) is 0 Å². The van der Waals surface area contributed by atoms with Crippen molar-refractivity contribution in [1.29, 1.82) is 0 Å². The number of hydrogen-bond donors (Lipinski definition) is 2. The van der Waals surface area contributed by atoms with Crippen LogP contribution < -0.4 is 10.5 Å². The van der Waals surface area contributed by atoms with Crippen molar-refractivity contribution in [3.8, 4) is 0 Å². The maximum Gasteiger partial charge on any atom is 0.279 e. The molecule has 0 bridgehead atoms. The third-order valence-corrected chi connectivity index (χ3v) is 4.38. The molecule has 1 unspecified atom stereocenters. The number of nitrogens with two attached hydrogens (primary N) is 1. The van der Waals surface area contributed by atoms with Crippen LogP contribution in [0.5, 0.6) is 0 Å². The van der Waals surface area contributed by atoms with Gasteiger partial charge in [-0.05, 0) is 26.3 Å². The molecule has 3 N–H and O–H groups in total. The van der Waals surface area contributed by atoms with Gasteiger partial charge in [0.1, 0.15) is 0 Å². The van der Waals surface area contributed by atoms with Gasteiger partial charge in [0, 0.05) is 19.6 Å². The molecule has 0 aromatic carbocycles. The number of nitrogens with zero attached hydrogens (tertiary/aromatic N) is 1. The Kier molecular flexibility index (Phi) is 8.77. The van der Waals surface area contributed by atoms with Crippen LogP contribution in [0.1, 0.15) is 46.0 Å². The average molecular weight is 265 g/mol. The highest BCUT2D eigenvalue weighted by Crippen LogP contribution is 2.05. The Morgan fingerprint density at radius 1 is 1.29 bits per heavy atom. The van der Waals surface area contributed by atoms with E-state index in [0.717, 1.165) is 25.7 Å². The fourth-order valence-corrected chi connectivity index (χ4v) is 2.71. The van der Waals surface area contributed by atoms with Crippen molar-refractivity contribution in [2.75, 3.05) is 20.1 Å². The number of rotatable bonds is 10. The van der Waals surface area contributed by atoms with Gasteiger partial charge in [0.25, 0.3) is 10.2 Å². The highest BCUT2D eigenvalue weighted by Gasteiger charge is 2.19. The van der Waals surface area contributed by atoms with E-state index in [1.807, 2.05) is 6.92 Å². The molecule has 0 aromatic rings. The summed E-state index contributed by atoms with van der Waals surface area (Å²) in [4.78, 5) is 0. The molecule has 0 aromatic heterocycles. The predicted molar refractivity (Wildman–Crippen MR) is 72.0 cm³/mol. The summed E-state index contributed by atoms with van der Waals surface area (Å²) in [5.74, 6) is 0. The summed E-state index contributed by atoms with van der Waals surface area (Å²) in [6, 6.07) is -0.00752. The third-order valence-electron chi connectivity index (χ3n) is 2.68. The van der Waals surface area contributed by atoms with E-state index in [-0.39, 0.29) is 6.04 Å². The molecule has 1 atom stereocenters. The summed E-state index contributed by atoms with van der Waals surface area (Å²) >= 11 is 0. The lowest BCUT2D eigenvalue weighted by Crippen LogP contribution is -2.43. The minimum atomic E-state index is -3.34. The van der Waals surface area contributed by atoms with Crippen molar-refractivity contribution in [3.05, 3.63) is 0 Å². The van der Waals surface area contributed by atoms with Crippen molar-refractivity contribution in [2.45, 2.75) is 52.0 Å². The van der Waals surface area contributed by atoms with Gasteiger partial charge in [-0.25, -0.2) is 0 Å². The predicted octanol–water partition coefficient (Wildman–Crippen LogP) is 1.07. The Balaban J connectivity index is 4.05. The third kappa shape index (κ3) is 7.70. The van der Waals surface area contributed by atoms with Gasteiger partial charge in [0.2, 0.25) is 0 Å². The second-order valence-corrected chi connectivity index (χ2v) is 6.29. The average Bonchev–Trinajstić information content (AvgIpc) is 2.25. The van der Waals surface area contributed by atoms with E-state index in [9.17, 15) is 8.42 Å². The van der Waals surface area contributed by atoms with E-state index in [2.05, 4.69) is 11.6 Å². The second kappa shape index (κ2) is 8.85. The van der Waals surface area contributed by atoms with Gasteiger partial charge in [-0.1, -0.05) is 26.2 Å². The van der Waals surface area contributed by atoms with E-state index in [4.69, 9.17) is 5.73 Å². The lowest BCUT2D eigenvalue weighted by Gasteiger charge is -2.20. The van der Waals surface area contributed by atoms with Gasteiger partial charge in [-0.2, -0.15) is 17.4 Å². The Bertz CT molecular complexity index is 280. The first kappa shape index (κ1) is 16.8. The summed E-state index contributed by atoms with van der Waals surface area (Å²) in [5.41, 5.74) is 5.36. The molecule has 0 saturated heterocycles. The minimum absolute atomic E-state index is 0.00752. The monoisotopic (exact) mass is 265 g/mol. The normalized spacial score (nSPS) is 14.2. The largest absolute Gasteiger partial charge is 0.330 e. The maximum atomic E-state index is 11.9. The zero-order valence-corrected chi connectivity index (χ0v) is 12.1. The van der Waals surface area contributed by atoms with E-state index in [1.165, 1.54) is 4.31 Å². The molecule has 6 heteroatoms. The molecule has 0 saturated carbocycles. The van der Waals surface area contributed by atoms with Crippen LogP contribution in [0.15, 0.2) is 0 Å². The van der Waals surface area contributed by atoms with Crippen LogP contribution in [0.3, 0.4) is 0 Å². The van der Waals surface area contributed by atoms with Gasteiger partial charge >= 0.3 is 0 Å². The molecule has 0 spiro atoms. The maximum absolute atomic E-state index is 11.9. The van der Waals surface area contributed by atoms with Crippen LogP contribution in [0, 0.1) is 0 Å². The highest BCUT2D eigenvalue weighted by atomic mass is 32.2. The molecule has 0 amide bonds. The van der Waals surface area contributed by atoms with E-state index >= 15 is 0 Å². The standard InChI is InChI=1S/C11H27N3O2S/c1-4-5-6-8-11(2)13-17(15,16)14(3)10-7-9-12/h11,13H,4-10,12H2,1-3H3. The summed E-state index contributed by atoms with van der Waals surface area (Å²) in [6.07, 6.45) is 4.93. The zero-order valence-electron chi connectivity index (χ0n) is 11.3. The second-order valence-electron chi connectivity index (χ2n) is 4.48. The van der Waals surface area contributed by atoms with Crippen LogP contribution in [-0.4, -0.2) is 38.9 Å². The van der Waals surface area contributed by atoms with Crippen LogP contribution in [-0.2, 0) is 10.2 Å². The van der Waals surface area contributed by atoms with E-state index < -0.39 is 10.2 Å².